The highest BCUT2D eigenvalue weighted by Gasteiger charge is 2.48. The van der Waals surface area contributed by atoms with E-state index in [-0.39, 0.29) is 18.3 Å². The Hall–Kier alpha value is -2.69. The molecule has 2 atom stereocenters. The predicted octanol–water partition coefficient (Wildman–Crippen LogP) is 3.65. The number of urea groups is 1. The van der Waals surface area contributed by atoms with Crippen molar-refractivity contribution in [2.24, 2.45) is 0 Å². The molecule has 1 saturated heterocycles. The van der Waals surface area contributed by atoms with Gasteiger partial charge in [0.1, 0.15) is 11.6 Å². The number of carbonyl (C=O) groups excluding carboxylic acids is 2. The molecule has 0 radical (unpaired) electrons. The van der Waals surface area contributed by atoms with Gasteiger partial charge < -0.3 is 15.5 Å². The number of fused-ring (bicyclic) bond motifs is 2. The molecule has 0 aromatic heterocycles. The fraction of sp³-hybridized carbons (Fsp3) is 0.625. The third kappa shape index (κ3) is 4.43. The number of halogens is 2. The molecule has 1 spiro atoms. The number of likely N-dealkylation sites (tertiary alicyclic amines) is 1. The first kappa shape index (κ1) is 22.5. The Morgan fingerprint density at radius 2 is 2.00 bits per heavy atom. The number of benzene rings is 1. The molecule has 32 heavy (non-hydrogen) atoms. The second-order valence-corrected chi connectivity index (χ2v) is 9.60. The fourth-order valence-electron chi connectivity index (χ4n) is 5.16. The number of hydrogen-bond donors (Lipinski definition) is 2. The van der Waals surface area contributed by atoms with E-state index in [0.717, 1.165) is 19.3 Å². The molecule has 2 aliphatic carbocycles. The molecule has 1 aromatic rings. The van der Waals surface area contributed by atoms with Crippen molar-refractivity contribution in [3.63, 3.8) is 0 Å². The van der Waals surface area contributed by atoms with Crippen molar-refractivity contribution >= 4 is 11.9 Å². The number of rotatable bonds is 7. The minimum absolute atomic E-state index is 0.100. The number of aryl methyl sites for hydroxylation is 1. The molecular formula is C24H30F2N4O2. The summed E-state index contributed by atoms with van der Waals surface area (Å²) in [6, 6.07) is 8.40. The molecule has 3 amide bonds. The van der Waals surface area contributed by atoms with E-state index < -0.39 is 35.9 Å². The van der Waals surface area contributed by atoms with Gasteiger partial charge in [-0.15, -0.1) is 0 Å². The number of nitrogens with one attached hydrogen (secondary N) is 2. The van der Waals surface area contributed by atoms with Crippen LogP contribution in [0.3, 0.4) is 0 Å². The van der Waals surface area contributed by atoms with E-state index in [1.165, 1.54) is 11.1 Å². The quantitative estimate of drug-likeness (QED) is 0.673. The van der Waals surface area contributed by atoms with E-state index in [1.54, 1.807) is 11.8 Å². The highest BCUT2D eigenvalue weighted by molar-refractivity contribution is 5.88. The molecule has 3 aliphatic rings. The average Bonchev–Trinajstić information content (AvgIpc) is 3.25. The Labute approximate surface area is 187 Å². The van der Waals surface area contributed by atoms with Crippen molar-refractivity contribution in [1.82, 2.24) is 15.5 Å². The Bertz CT molecular complexity index is 940. The molecule has 1 aliphatic heterocycles. The molecule has 1 saturated carbocycles. The van der Waals surface area contributed by atoms with Gasteiger partial charge in [-0.25, -0.2) is 13.6 Å². The van der Waals surface area contributed by atoms with Gasteiger partial charge in [0.15, 0.2) is 0 Å². The molecule has 2 fully saturated rings. The predicted molar refractivity (Wildman–Crippen MR) is 115 cm³/mol. The summed E-state index contributed by atoms with van der Waals surface area (Å²) >= 11 is 0. The summed E-state index contributed by atoms with van der Waals surface area (Å²) in [5, 5.41) is 14.4. The maximum Gasteiger partial charge on any atom is 0.318 e. The largest absolute Gasteiger partial charge is 0.336 e. The van der Waals surface area contributed by atoms with Gasteiger partial charge >= 0.3 is 6.03 Å². The van der Waals surface area contributed by atoms with Crippen LogP contribution >= 0.6 is 0 Å². The third-order valence-corrected chi connectivity index (χ3v) is 7.16. The monoisotopic (exact) mass is 444 g/mol. The smallest absolute Gasteiger partial charge is 0.318 e. The number of amides is 3. The molecule has 0 bridgehead atoms. The van der Waals surface area contributed by atoms with Crippen molar-refractivity contribution < 1.29 is 18.4 Å². The molecular weight excluding hydrogens is 414 g/mol. The van der Waals surface area contributed by atoms with E-state index in [0.29, 0.717) is 25.9 Å². The van der Waals surface area contributed by atoms with E-state index in [1.807, 2.05) is 18.2 Å². The first-order chi connectivity index (χ1) is 15.2. The number of hydrogen-bond acceptors (Lipinski definition) is 3. The zero-order valence-corrected chi connectivity index (χ0v) is 18.4. The van der Waals surface area contributed by atoms with E-state index in [2.05, 4.69) is 22.8 Å². The van der Waals surface area contributed by atoms with Crippen LogP contribution in [0.4, 0.5) is 13.6 Å². The Morgan fingerprint density at radius 1 is 1.25 bits per heavy atom. The number of nitriles is 1. The molecule has 1 heterocycles. The Morgan fingerprint density at radius 3 is 2.69 bits per heavy atom. The molecule has 2 N–H and O–H groups in total. The normalized spacial score (nSPS) is 24.0. The highest BCUT2D eigenvalue weighted by atomic mass is 19.3. The van der Waals surface area contributed by atoms with E-state index in [4.69, 9.17) is 0 Å². The average molecular weight is 445 g/mol. The van der Waals surface area contributed by atoms with Crippen LogP contribution < -0.4 is 10.6 Å². The lowest BCUT2D eigenvalue weighted by atomic mass is 9.81. The molecule has 4 rings (SSSR count). The topological polar surface area (TPSA) is 85.2 Å². The lowest BCUT2D eigenvalue weighted by molar-refractivity contribution is -0.126. The summed E-state index contributed by atoms with van der Waals surface area (Å²) in [6.07, 6.45) is 2.87. The minimum atomic E-state index is -3.08. The van der Waals surface area contributed by atoms with Crippen LogP contribution in [0, 0.1) is 11.3 Å². The van der Waals surface area contributed by atoms with Crippen LogP contribution in [0.2, 0.25) is 0 Å². The molecule has 1 unspecified atom stereocenters. The maximum absolute atomic E-state index is 14.4. The van der Waals surface area contributed by atoms with Gasteiger partial charge in [0.2, 0.25) is 5.91 Å². The van der Waals surface area contributed by atoms with E-state index >= 15 is 0 Å². The SMILES string of the molecule is CCCC(F)(F)C[C@H](NC(=O)N1CCC2(CCc3ccccc32)C1)C(=O)NC1(C#N)CC1. The zero-order valence-electron chi connectivity index (χ0n) is 18.4. The van der Waals surface area contributed by atoms with Crippen LogP contribution in [0.1, 0.15) is 63.0 Å². The van der Waals surface area contributed by atoms with Crippen LogP contribution in [-0.4, -0.2) is 47.4 Å². The van der Waals surface area contributed by atoms with Gasteiger partial charge in [-0.1, -0.05) is 37.6 Å². The second kappa shape index (κ2) is 8.34. The maximum atomic E-state index is 14.4. The van der Waals surface area contributed by atoms with Gasteiger partial charge in [0.05, 0.1) is 6.07 Å². The van der Waals surface area contributed by atoms with Gasteiger partial charge in [-0.2, -0.15) is 5.26 Å². The summed E-state index contributed by atoms with van der Waals surface area (Å²) in [6.45, 7) is 2.68. The third-order valence-electron chi connectivity index (χ3n) is 7.16. The van der Waals surface area contributed by atoms with Crippen LogP contribution in [0.25, 0.3) is 0 Å². The summed E-state index contributed by atoms with van der Waals surface area (Å²) in [5.74, 6) is -3.79. The fourth-order valence-corrected chi connectivity index (χ4v) is 5.16. The lowest BCUT2D eigenvalue weighted by Crippen LogP contribution is -2.55. The van der Waals surface area contributed by atoms with Crippen LogP contribution in [-0.2, 0) is 16.6 Å². The molecule has 6 nitrogen and oxygen atoms in total. The zero-order chi connectivity index (χ0) is 23.0. The van der Waals surface area contributed by atoms with Gasteiger partial charge in [-0.3, -0.25) is 4.79 Å². The Balaban J connectivity index is 1.45. The minimum Gasteiger partial charge on any atom is -0.336 e. The van der Waals surface area contributed by atoms with Gasteiger partial charge in [0, 0.05) is 31.3 Å². The van der Waals surface area contributed by atoms with Gasteiger partial charge in [-0.05, 0) is 43.2 Å². The van der Waals surface area contributed by atoms with Gasteiger partial charge in [0.25, 0.3) is 5.92 Å². The standard InChI is InChI=1S/C24H30F2N4O2/c1-2-8-24(25,26)14-19(20(31)29-23(15-27)10-11-23)28-21(32)30-13-12-22(16-30)9-7-17-5-3-4-6-18(17)22/h3-6,19H,2,7-14,16H2,1H3,(H,28,32)(H,29,31)/t19-,22?/m0/s1. The van der Waals surface area contributed by atoms with Crippen molar-refractivity contribution in [1.29, 1.82) is 5.26 Å². The summed E-state index contributed by atoms with van der Waals surface area (Å²) in [4.78, 5) is 27.4. The first-order valence-electron chi connectivity index (χ1n) is 11.5. The molecule has 172 valence electrons. The van der Waals surface area contributed by atoms with Crippen molar-refractivity contribution in [2.45, 2.75) is 81.2 Å². The lowest BCUT2D eigenvalue weighted by Gasteiger charge is -2.28. The van der Waals surface area contributed by atoms with Crippen molar-refractivity contribution in [3.8, 4) is 6.07 Å². The Kier molecular flexibility index (Phi) is 5.87. The van der Waals surface area contributed by atoms with Crippen molar-refractivity contribution in [2.75, 3.05) is 13.1 Å². The highest BCUT2D eigenvalue weighted by Crippen LogP contribution is 2.45. The van der Waals surface area contributed by atoms with Crippen LogP contribution in [0.5, 0.6) is 0 Å². The van der Waals surface area contributed by atoms with Crippen LogP contribution in [0.15, 0.2) is 24.3 Å². The second-order valence-electron chi connectivity index (χ2n) is 9.60. The van der Waals surface area contributed by atoms with E-state index in [9.17, 15) is 23.6 Å². The summed E-state index contributed by atoms with van der Waals surface area (Å²) in [5.41, 5.74) is 1.49. The number of nitrogens with zero attached hydrogens (tertiary/aromatic N) is 2. The molecule has 1 aromatic carbocycles. The van der Waals surface area contributed by atoms with Crippen molar-refractivity contribution in [3.05, 3.63) is 35.4 Å². The number of alkyl halides is 2. The summed E-state index contributed by atoms with van der Waals surface area (Å²) in [7, 11) is 0. The first-order valence-corrected chi connectivity index (χ1v) is 11.5. The molecule has 8 heteroatoms. The number of carbonyl (C=O) groups is 2. The summed E-state index contributed by atoms with van der Waals surface area (Å²) < 4.78 is 28.8.